The van der Waals surface area contributed by atoms with E-state index in [1.807, 2.05) is 0 Å². The van der Waals surface area contributed by atoms with E-state index in [0.717, 1.165) is 36.9 Å². The van der Waals surface area contributed by atoms with Gasteiger partial charge in [0.15, 0.2) is 0 Å². The van der Waals surface area contributed by atoms with Crippen molar-refractivity contribution in [2.24, 2.45) is 16.8 Å². The zero-order valence-corrected chi connectivity index (χ0v) is 12.8. The Morgan fingerprint density at radius 3 is 2.63 bits per heavy atom. The molecule has 1 heterocycles. The summed E-state index contributed by atoms with van der Waals surface area (Å²) in [4.78, 5) is 7.10. The van der Waals surface area contributed by atoms with Gasteiger partial charge in [0, 0.05) is 29.9 Å². The van der Waals surface area contributed by atoms with E-state index in [1.54, 1.807) is 0 Å². The van der Waals surface area contributed by atoms with Crippen molar-refractivity contribution >= 4 is 5.71 Å². The van der Waals surface area contributed by atoms with Gasteiger partial charge in [-0.15, -0.1) is 0 Å². The van der Waals surface area contributed by atoms with Crippen molar-refractivity contribution in [1.29, 1.82) is 0 Å². The van der Waals surface area contributed by atoms with E-state index in [2.05, 4.69) is 38.5 Å². The first kappa shape index (κ1) is 14.4. The molecule has 0 amide bonds. The Kier molecular flexibility index (Phi) is 4.84. The minimum Gasteiger partial charge on any atom is -0.348 e. The summed E-state index contributed by atoms with van der Waals surface area (Å²) in [5, 5.41) is 0. The van der Waals surface area contributed by atoms with Crippen LogP contribution < -0.4 is 0 Å². The molecule has 2 rings (SSSR count). The van der Waals surface area contributed by atoms with Gasteiger partial charge in [0.2, 0.25) is 0 Å². The molecule has 0 atom stereocenters. The zero-order valence-electron chi connectivity index (χ0n) is 12.8. The van der Waals surface area contributed by atoms with Crippen LogP contribution in [0.25, 0.3) is 0 Å². The molecule has 1 saturated carbocycles. The molecule has 0 N–H and O–H groups in total. The van der Waals surface area contributed by atoms with Gasteiger partial charge in [-0.2, -0.15) is 0 Å². The molecule has 2 heteroatoms. The van der Waals surface area contributed by atoms with Gasteiger partial charge < -0.3 is 4.90 Å². The van der Waals surface area contributed by atoms with E-state index < -0.39 is 0 Å². The van der Waals surface area contributed by atoms with Gasteiger partial charge in [-0.05, 0) is 50.9 Å². The van der Waals surface area contributed by atoms with Gasteiger partial charge >= 0.3 is 0 Å². The molecule has 0 aromatic heterocycles. The van der Waals surface area contributed by atoms with E-state index >= 15 is 0 Å². The monoisotopic (exact) mass is 260 g/mol. The van der Waals surface area contributed by atoms with Gasteiger partial charge in [-0.25, -0.2) is 0 Å². The predicted molar refractivity (Wildman–Crippen MR) is 83.1 cm³/mol. The van der Waals surface area contributed by atoms with Crippen LogP contribution in [0.4, 0.5) is 0 Å². The Labute approximate surface area is 118 Å². The Balaban J connectivity index is 1.98. The molecule has 0 radical (unpaired) electrons. The highest BCUT2D eigenvalue weighted by Gasteiger charge is 2.30. The number of nitrogens with zero attached hydrogens (tertiary/aromatic N) is 2. The molecule has 1 aliphatic carbocycles. The summed E-state index contributed by atoms with van der Waals surface area (Å²) in [6, 6.07) is 0. The normalized spacial score (nSPS) is 26.3. The van der Waals surface area contributed by atoms with E-state index in [4.69, 9.17) is 4.99 Å². The van der Waals surface area contributed by atoms with Gasteiger partial charge in [-0.3, -0.25) is 4.99 Å². The van der Waals surface area contributed by atoms with Gasteiger partial charge in [-0.1, -0.05) is 26.8 Å². The second kappa shape index (κ2) is 6.40. The third-order valence-corrected chi connectivity index (χ3v) is 4.40. The lowest BCUT2D eigenvalue weighted by molar-refractivity contribution is 0.277. The smallest absolute Gasteiger partial charge is 0.0462 e. The Morgan fingerprint density at radius 2 is 2.16 bits per heavy atom. The summed E-state index contributed by atoms with van der Waals surface area (Å²) < 4.78 is 0. The number of rotatable bonds is 6. The van der Waals surface area contributed by atoms with Crippen LogP contribution in [0.5, 0.6) is 0 Å². The molecule has 1 fully saturated rings. The van der Waals surface area contributed by atoms with Gasteiger partial charge in [0.05, 0.1) is 0 Å². The second-order valence-electron chi connectivity index (χ2n) is 6.25. The van der Waals surface area contributed by atoms with Crippen molar-refractivity contribution in [2.75, 3.05) is 6.54 Å². The second-order valence-corrected chi connectivity index (χ2v) is 6.25. The third-order valence-electron chi connectivity index (χ3n) is 4.40. The molecular weight excluding hydrogens is 232 g/mol. The van der Waals surface area contributed by atoms with Crippen LogP contribution in [0.2, 0.25) is 0 Å². The van der Waals surface area contributed by atoms with Crippen molar-refractivity contribution in [2.45, 2.75) is 59.3 Å². The fourth-order valence-electron chi connectivity index (χ4n) is 3.13. The Bertz CT molecular complexity index is 386. The Hall–Kier alpha value is -1.05. The molecule has 0 unspecified atom stereocenters. The largest absolute Gasteiger partial charge is 0.348 e. The van der Waals surface area contributed by atoms with Crippen molar-refractivity contribution in [3.8, 4) is 0 Å². The molecule has 2 aliphatic rings. The van der Waals surface area contributed by atoms with Crippen LogP contribution in [0.15, 0.2) is 29.2 Å². The maximum absolute atomic E-state index is 4.75. The topological polar surface area (TPSA) is 15.6 Å². The van der Waals surface area contributed by atoms with Crippen LogP contribution in [-0.4, -0.2) is 17.2 Å². The molecule has 0 spiro atoms. The highest BCUT2D eigenvalue weighted by molar-refractivity contribution is 5.89. The van der Waals surface area contributed by atoms with Gasteiger partial charge in [0.1, 0.15) is 0 Å². The molecule has 0 bridgehead atoms. The standard InChI is InChI=1S/C17H28N2/c1-5-6-9-19(13(2)3)16-7-8-17(18-12-16)15-10-14(4)11-15/h12,14-15H,2,5-11H2,1,3-4H3. The number of hydrogen-bond acceptors (Lipinski definition) is 2. The molecule has 0 saturated heterocycles. The quantitative estimate of drug-likeness (QED) is 0.673. The van der Waals surface area contributed by atoms with Crippen molar-refractivity contribution < 1.29 is 0 Å². The van der Waals surface area contributed by atoms with Crippen molar-refractivity contribution in [1.82, 2.24) is 4.90 Å². The molecule has 0 aromatic rings. The van der Waals surface area contributed by atoms with Crippen LogP contribution in [-0.2, 0) is 0 Å². The van der Waals surface area contributed by atoms with Crippen molar-refractivity contribution in [3.05, 3.63) is 24.2 Å². The van der Waals surface area contributed by atoms with Crippen molar-refractivity contribution in [3.63, 3.8) is 0 Å². The number of aliphatic imine (C=N–C) groups is 1. The Morgan fingerprint density at radius 1 is 1.42 bits per heavy atom. The number of allylic oxidation sites excluding steroid dienone is 2. The van der Waals surface area contributed by atoms with Crippen LogP contribution in [0.3, 0.4) is 0 Å². The molecule has 106 valence electrons. The van der Waals surface area contributed by atoms with E-state index in [0.29, 0.717) is 0 Å². The molecule has 1 aliphatic heterocycles. The fraction of sp³-hybridized carbons (Fsp3) is 0.706. The lowest BCUT2D eigenvalue weighted by Gasteiger charge is -2.36. The fourth-order valence-corrected chi connectivity index (χ4v) is 3.13. The van der Waals surface area contributed by atoms with Crippen LogP contribution >= 0.6 is 0 Å². The van der Waals surface area contributed by atoms with E-state index in [-0.39, 0.29) is 0 Å². The number of unbranched alkanes of at least 4 members (excludes halogenated alkanes) is 1. The third kappa shape index (κ3) is 3.49. The average Bonchev–Trinajstić information content (AvgIpc) is 2.36. The van der Waals surface area contributed by atoms with E-state index in [1.165, 1.54) is 37.1 Å². The highest BCUT2D eigenvalue weighted by Crippen LogP contribution is 2.37. The predicted octanol–water partition coefficient (Wildman–Crippen LogP) is 4.74. The highest BCUT2D eigenvalue weighted by atomic mass is 15.1. The first-order valence-electron chi connectivity index (χ1n) is 7.80. The summed E-state index contributed by atoms with van der Waals surface area (Å²) in [5.74, 6) is 1.69. The zero-order chi connectivity index (χ0) is 13.8. The molecule has 0 aromatic carbocycles. The van der Waals surface area contributed by atoms with Gasteiger partial charge in [0.25, 0.3) is 0 Å². The van der Waals surface area contributed by atoms with E-state index in [9.17, 15) is 0 Å². The first-order valence-corrected chi connectivity index (χ1v) is 7.80. The SMILES string of the molecule is C=C(C)N(CCCC)C1=CN=C(C2CC(C)C2)CC1. The molecule has 2 nitrogen and oxygen atoms in total. The summed E-state index contributed by atoms with van der Waals surface area (Å²) in [7, 11) is 0. The summed E-state index contributed by atoms with van der Waals surface area (Å²) in [6.45, 7) is 11.9. The lowest BCUT2D eigenvalue weighted by atomic mass is 9.72. The summed E-state index contributed by atoms with van der Waals surface area (Å²) in [6.07, 6.45) is 9.54. The maximum Gasteiger partial charge on any atom is 0.0462 e. The molecule has 19 heavy (non-hydrogen) atoms. The molecular formula is C17H28N2. The average molecular weight is 260 g/mol. The summed E-state index contributed by atoms with van der Waals surface area (Å²) >= 11 is 0. The first-order chi connectivity index (χ1) is 9.11. The lowest BCUT2D eigenvalue weighted by Crippen LogP contribution is -2.31. The minimum atomic E-state index is 0.779. The van der Waals surface area contributed by atoms with Crippen LogP contribution in [0, 0.1) is 11.8 Å². The van der Waals surface area contributed by atoms with Crippen LogP contribution in [0.1, 0.15) is 59.3 Å². The minimum absolute atomic E-state index is 0.779. The number of hydrogen-bond donors (Lipinski definition) is 0. The maximum atomic E-state index is 4.75. The summed E-state index contributed by atoms with van der Waals surface area (Å²) in [5.41, 5.74) is 3.95.